The average molecular weight is 632 g/mol. The van der Waals surface area contributed by atoms with E-state index in [1.165, 1.54) is 22.2 Å². The molecule has 4 atom stereocenters. The van der Waals surface area contributed by atoms with Crippen molar-refractivity contribution in [1.82, 2.24) is 14.5 Å². The van der Waals surface area contributed by atoms with Crippen LogP contribution >= 0.6 is 0 Å². The van der Waals surface area contributed by atoms with Crippen LogP contribution in [-0.2, 0) is 0 Å². The number of benzene rings is 4. The van der Waals surface area contributed by atoms with Crippen LogP contribution in [0.4, 0.5) is 0 Å². The van der Waals surface area contributed by atoms with Gasteiger partial charge in [0.1, 0.15) is 28.6 Å². The van der Waals surface area contributed by atoms with E-state index in [4.69, 9.17) is 19.1 Å². The quantitative estimate of drug-likeness (QED) is 0.195. The van der Waals surface area contributed by atoms with Gasteiger partial charge in [0, 0.05) is 39.3 Å². The second kappa shape index (κ2) is 10.1. The molecule has 4 heterocycles. The first-order valence-electron chi connectivity index (χ1n) is 16.9. The highest BCUT2D eigenvalue weighted by molar-refractivity contribution is 6.07. The number of rotatable bonds is 3. The van der Waals surface area contributed by atoms with Gasteiger partial charge in [-0.05, 0) is 42.0 Å². The summed E-state index contributed by atoms with van der Waals surface area (Å²) in [5, 5.41) is 2.27. The smallest absolute Gasteiger partial charge is 0.180 e. The molecule has 232 valence electrons. The summed E-state index contributed by atoms with van der Waals surface area (Å²) < 4.78 is 15.7. The van der Waals surface area contributed by atoms with Gasteiger partial charge < -0.3 is 13.7 Å². The Morgan fingerprint density at radius 1 is 0.694 bits per heavy atom. The molecule has 0 saturated carbocycles. The maximum Gasteiger partial charge on any atom is 0.180 e. The van der Waals surface area contributed by atoms with Crippen molar-refractivity contribution in [3.05, 3.63) is 168 Å². The maximum atomic E-state index is 6.95. The summed E-state index contributed by atoms with van der Waals surface area (Å²) in [6.07, 6.45) is 19.9. The summed E-state index contributed by atoms with van der Waals surface area (Å²) in [6.45, 7) is 0. The van der Waals surface area contributed by atoms with Crippen LogP contribution in [0.15, 0.2) is 150 Å². The van der Waals surface area contributed by atoms with Crippen LogP contribution in [0, 0.1) is 5.92 Å². The molecule has 7 aromatic rings. The highest BCUT2D eigenvalue weighted by Crippen LogP contribution is 2.52. The number of ether oxygens (including phenoxy) is 1. The van der Waals surface area contributed by atoms with Gasteiger partial charge in [0.15, 0.2) is 11.4 Å². The third-order valence-corrected chi connectivity index (χ3v) is 10.6. The van der Waals surface area contributed by atoms with Crippen molar-refractivity contribution in [3.63, 3.8) is 0 Å². The SMILES string of the molecule is C1=CC2C=Cc3c(c4ccccc4n3-c3cccc4c3OC3C=CC=C(c5nc(-c6ccccc6)c6oc7ccccc7c6n5)C43)C2C=C1. The van der Waals surface area contributed by atoms with Gasteiger partial charge in [-0.25, -0.2) is 9.97 Å². The zero-order chi connectivity index (χ0) is 32.1. The number of hydrogen-bond donors (Lipinski definition) is 0. The summed E-state index contributed by atoms with van der Waals surface area (Å²) in [6, 6.07) is 33.7. The van der Waals surface area contributed by atoms with Crippen molar-refractivity contribution in [2.45, 2.75) is 17.9 Å². The molecule has 3 aliphatic carbocycles. The number of furan rings is 1. The fraction of sp³-hybridized carbons (Fsp3) is 0.0909. The number of hydrogen-bond acceptors (Lipinski definition) is 4. The fourth-order valence-corrected chi connectivity index (χ4v) is 8.42. The molecule has 5 heteroatoms. The lowest BCUT2D eigenvalue weighted by atomic mass is 9.78. The normalized spacial score (nSPS) is 21.4. The predicted molar refractivity (Wildman–Crippen MR) is 196 cm³/mol. The number of allylic oxidation sites excluding steroid dienone is 7. The van der Waals surface area contributed by atoms with E-state index in [2.05, 4.69) is 120 Å². The summed E-state index contributed by atoms with van der Waals surface area (Å²) >= 11 is 0. The van der Waals surface area contributed by atoms with Crippen molar-refractivity contribution in [3.8, 4) is 22.7 Å². The van der Waals surface area contributed by atoms with E-state index in [1.54, 1.807) is 0 Å². The Hall–Kier alpha value is -6.20. The molecule has 5 nitrogen and oxygen atoms in total. The Balaban J connectivity index is 1.10. The zero-order valence-electron chi connectivity index (χ0n) is 26.4. The van der Waals surface area contributed by atoms with Crippen LogP contribution in [0.1, 0.15) is 34.5 Å². The van der Waals surface area contributed by atoms with E-state index < -0.39 is 0 Å². The van der Waals surface area contributed by atoms with Crippen LogP contribution in [0.5, 0.6) is 5.75 Å². The molecule has 0 bridgehead atoms. The topological polar surface area (TPSA) is 53.1 Å². The van der Waals surface area contributed by atoms with Gasteiger partial charge >= 0.3 is 0 Å². The number of nitrogens with zero attached hydrogens (tertiary/aromatic N) is 3. The lowest BCUT2D eigenvalue weighted by molar-refractivity contribution is 0.271. The van der Waals surface area contributed by atoms with Crippen molar-refractivity contribution in [2.75, 3.05) is 0 Å². The molecule has 0 saturated heterocycles. The monoisotopic (exact) mass is 631 g/mol. The highest BCUT2D eigenvalue weighted by Gasteiger charge is 2.41. The summed E-state index contributed by atoms with van der Waals surface area (Å²) in [4.78, 5) is 10.5. The summed E-state index contributed by atoms with van der Waals surface area (Å²) in [7, 11) is 0. The summed E-state index contributed by atoms with van der Waals surface area (Å²) in [5.41, 5.74) is 11.1. The minimum atomic E-state index is -0.180. The molecule has 4 aliphatic rings. The first kappa shape index (κ1) is 26.8. The molecule has 0 spiro atoms. The van der Waals surface area contributed by atoms with Gasteiger partial charge in [-0.1, -0.05) is 115 Å². The fourth-order valence-electron chi connectivity index (χ4n) is 8.42. The molecule has 11 rings (SSSR count). The molecule has 0 radical (unpaired) electrons. The molecular weight excluding hydrogens is 603 g/mol. The van der Waals surface area contributed by atoms with Crippen molar-refractivity contribution >= 4 is 44.6 Å². The molecule has 0 amide bonds. The Morgan fingerprint density at radius 3 is 2.47 bits per heavy atom. The molecule has 0 N–H and O–H groups in total. The molecule has 49 heavy (non-hydrogen) atoms. The van der Waals surface area contributed by atoms with Gasteiger partial charge in [0.05, 0.1) is 22.8 Å². The van der Waals surface area contributed by atoms with Crippen LogP contribution in [0.25, 0.3) is 61.6 Å². The number of fused-ring (bicyclic) bond motifs is 11. The number of aromatic nitrogens is 3. The maximum absolute atomic E-state index is 6.95. The molecule has 4 aromatic carbocycles. The standard InChI is InChI=1S/C44H29N3O2/c1-2-13-27(14-3-1)40-43-41(30-17-7-9-22-36(30)48-43)46-44(45-40)32-19-11-23-37-39(32)31-18-10-21-35(42(31)49-37)47-33-20-8-6-16-29(33)38-28-15-5-4-12-26(28)24-25-34(38)47/h1-26,28,37,39H. The van der Waals surface area contributed by atoms with Gasteiger partial charge in [0.2, 0.25) is 0 Å². The van der Waals surface area contributed by atoms with Crippen LogP contribution < -0.4 is 4.74 Å². The Morgan fingerprint density at radius 2 is 1.53 bits per heavy atom. The zero-order valence-corrected chi connectivity index (χ0v) is 26.4. The minimum absolute atomic E-state index is 0.0665. The highest BCUT2D eigenvalue weighted by atomic mass is 16.5. The van der Waals surface area contributed by atoms with Crippen LogP contribution in [0.2, 0.25) is 0 Å². The van der Waals surface area contributed by atoms with E-state index in [0.717, 1.165) is 50.3 Å². The second-order valence-corrected chi connectivity index (χ2v) is 13.2. The van der Waals surface area contributed by atoms with Crippen molar-refractivity contribution < 1.29 is 9.15 Å². The average Bonchev–Trinajstić information content (AvgIpc) is 3.84. The van der Waals surface area contributed by atoms with Crippen molar-refractivity contribution in [2.24, 2.45) is 5.92 Å². The molecule has 4 unspecified atom stereocenters. The first-order valence-corrected chi connectivity index (χ1v) is 16.9. The van der Waals surface area contributed by atoms with Crippen molar-refractivity contribution in [1.29, 1.82) is 0 Å². The number of para-hydroxylation sites is 3. The summed E-state index contributed by atoms with van der Waals surface area (Å²) in [5.74, 6) is 2.20. The van der Waals surface area contributed by atoms with Crippen LogP contribution in [-0.4, -0.2) is 20.6 Å². The third-order valence-electron chi connectivity index (χ3n) is 10.6. The van der Waals surface area contributed by atoms with E-state index in [0.29, 0.717) is 23.2 Å². The van der Waals surface area contributed by atoms with Crippen LogP contribution in [0.3, 0.4) is 0 Å². The first-order chi connectivity index (χ1) is 24.3. The van der Waals surface area contributed by atoms with Gasteiger partial charge in [-0.2, -0.15) is 0 Å². The second-order valence-electron chi connectivity index (χ2n) is 13.2. The third kappa shape index (κ3) is 3.81. The Bertz CT molecular complexity index is 2670. The van der Waals surface area contributed by atoms with E-state index in [9.17, 15) is 0 Å². The molecule has 1 aliphatic heterocycles. The lowest BCUT2D eigenvalue weighted by Gasteiger charge is -2.26. The van der Waals surface area contributed by atoms with E-state index in [1.807, 2.05) is 36.4 Å². The van der Waals surface area contributed by atoms with Gasteiger partial charge in [0.25, 0.3) is 0 Å². The Kier molecular flexibility index (Phi) is 5.56. The Labute approximate surface area is 282 Å². The minimum Gasteiger partial charge on any atom is -0.483 e. The lowest BCUT2D eigenvalue weighted by Crippen LogP contribution is -2.20. The van der Waals surface area contributed by atoms with Gasteiger partial charge in [-0.15, -0.1) is 0 Å². The largest absolute Gasteiger partial charge is 0.483 e. The van der Waals surface area contributed by atoms with E-state index in [-0.39, 0.29) is 12.0 Å². The van der Waals surface area contributed by atoms with E-state index >= 15 is 0 Å². The molecule has 3 aromatic heterocycles. The molecule has 0 fully saturated rings. The van der Waals surface area contributed by atoms with Gasteiger partial charge in [-0.3, -0.25) is 0 Å². The molecular formula is C44H29N3O2. The predicted octanol–water partition coefficient (Wildman–Crippen LogP) is 10.3.